The van der Waals surface area contributed by atoms with Crippen LogP contribution in [0.2, 0.25) is 0 Å². The molecule has 1 aromatic heterocycles. The van der Waals surface area contributed by atoms with Crippen LogP contribution >= 0.6 is 0 Å². The molecule has 11 aromatic rings. The van der Waals surface area contributed by atoms with Crippen LogP contribution in [0.5, 0.6) is 0 Å². The SMILES string of the molecule is CC1(C)c2c(cccc2N(c2ccc(-c3ccccc3)cc2)c2cccc3c2oc2ccccc23)-c2c(-c3cc4ccccc4c4ccccc34)ccc3cccc1c23. The van der Waals surface area contributed by atoms with E-state index in [1.54, 1.807) is 0 Å². The molecule has 2 nitrogen and oxygen atoms in total. The smallest absolute Gasteiger partial charge is 0.159 e. The predicted molar refractivity (Wildman–Crippen MR) is 249 cm³/mol. The average molecular weight is 754 g/mol. The van der Waals surface area contributed by atoms with Gasteiger partial charge in [-0.2, -0.15) is 0 Å². The van der Waals surface area contributed by atoms with Crippen LogP contribution in [0.15, 0.2) is 205 Å². The number of rotatable bonds is 5. The van der Waals surface area contributed by atoms with Gasteiger partial charge in [0.25, 0.3) is 0 Å². The molecular weight excluding hydrogens is 715 g/mol. The summed E-state index contributed by atoms with van der Waals surface area (Å²) in [5.41, 5.74) is 14.7. The molecule has 59 heavy (non-hydrogen) atoms. The molecule has 278 valence electrons. The molecule has 1 aliphatic carbocycles. The number of fused-ring (bicyclic) bond motifs is 8. The van der Waals surface area contributed by atoms with Crippen molar-refractivity contribution in [2.45, 2.75) is 19.3 Å². The summed E-state index contributed by atoms with van der Waals surface area (Å²) in [6, 6.07) is 73.2. The summed E-state index contributed by atoms with van der Waals surface area (Å²) in [5.74, 6) is 0. The molecule has 0 N–H and O–H groups in total. The molecule has 0 radical (unpaired) electrons. The maximum atomic E-state index is 6.81. The largest absolute Gasteiger partial charge is 0.454 e. The molecule has 10 aromatic carbocycles. The molecule has 0 bridgehead atoms. The average Bonchev–Trinajstić information content (AvgIpc) is 3.68. The zero-order valence-electron chi connectivity index (χ0n) is 32.9. The second kappa shape index (κ2) is 12.8. The van der Waals surface area contributed by atoms with Crippen molar-refractivity contribution >= 4 is 71.3 Å². The van der Waals surface area contributed by atoms with E-state index < -0.39 is 0 Å². The lowest BCUT2D eigenvalue weighted by Gasteiger charge is -2.40. The Hall–Kier alpha value is -7.42. The van der Waals surface area contributed by atoms with Gasteiger partial charge in [-0.05, 0) is 113 Å². The van der Waals surface area contributed by atoms with Crippen molar-refractivity contribution in [3.63, 3.8) is 0 Å². The molecule has 12 rings (SSSR count). The normalized spacial score (nSPS) is 13.1. The molecule has 0 amide bonds. The van der Waals surface area contributed by atoms with Crippen LogP contribution in [0.4, 0.5) is 17.1 Å². The van der Waals surface area contributed by atoms with Crippen LogP contribution in [0.25, 0.3) is 87.6 Å². The van der Waals surface area contributed by atoms with Crippen molar-refractivity contribution in [1.82, 2.24) is 0 Å². The predicted octanol–water partition coefficient (Wildman–Crippen LogP) is 16.2. The zero-order valence-corrected chi connectivity index (χ0v) is 32.9. The van der Waals surface area contributed by atoms with Gasteiger partial charge in [0.15, 0.2) is 5.58 Å². The van der Waals surface area contributed by atoms with E-state index in [2.05, 4.69) is 219 Å². The summed E-state index contributed by atoms with van der Waals surface area (Å²) < 4.78 is 6.81. The van der Waals surface area contributed by atoms with E-state index in [1.165, 1.54) is 76.8 Å². The van der Waals surface area contributed by atoms with Gasteiger partial charge in [-0.15, -0.1) is 0 Å². The van der Waals surface area contributed by atoms with Gasteiger partial charge in [0.05, 0.1) is 11.4 Å². The molecule has 0 fully saturated rings. The Kier molecular flexibility index (Phi) is 7.31. The van der Waals surface area contributed by atoms with Crippen LogP contribution in [-0.4, -0.2) is 0 Å². The van der Waals surface area contributed by atoms with Gasteiger partial charge in [0.2, 0.25) is 0 Å². The Morgan fingerprint density at radius 2 is 1.07 bits per heavy atom. The number of hydrogen-bond donors (Lipinski definition) is 0. The van der Waals surface area contributed by atoms with E-state index in [0.717, 1.165) is 39.0 Å². The molecule has 1 heterocycles. The summed E-state index contributed by atoms with van der Waals surface area (Å²) in [6.07, 6.45) is 0. The Bertz CT molecular complexity index is 3460. The second-order valence-corrected chi connectivity index (χ2v) is 16.4. The highest BCUT2D eigenvalue weighted by atomic mass is 16.3. The topological polar surface area (TPSA) is 16.4 Å². The number of furan rings is 1. The van der Waals surface area contributed by atoms with E-state index in [4.69, 9.17) is 4.42 Å². The molecule has 0 saturated carbocycles. The fourth-order valence-electron chi connectivity index (χ4n) is 10.2. The minimum atomic E-state index is -0.355. The minimum absolute atomic E-state index is 0.355. The maximum absolute atomic E-state index is 6.81. The Labute approximate surface area is 343 Å². The van der Waals surface area contributed by atoms with Gasteiger partial charge in [0, 0.05) is 21.9 Å². The van der Waals surface area contributed by atoms with Gasteiger partial charge < -0.3 is 9.32 Å². The van der Waals surface area contributed by atoms with Crippen LogP contribution < -0.4 is 4.90 Å². The van der Waals surface area contributed by atoms with Crippen LogP contribution in [-0.2, 0) is 5.41 Å². The summed E-state index contributed by atoms with van der Waals surface area (Å²) in [7, 11) is 0. The molecular formula is C57H39NO. The van der Waals surface area contributed by atoms with E-state index in [-0.39, 0.29) is 5.41 Å². The molecule has 1 aliphatic rings. The lowest BCUT2D eigenvalue weighted by molar-refractivity contribution is 0.645. The second-order valence-electron chi connectivity index (χ2n) is 16.4. The molecule has 0 saturated heterocycles. The van der Waals surface area contributed by atoms with Gasteiger partial charge in [0.1, 0.15) is 5.58 Å². The third kappa shape index (κ3) is 5.00. The van der Waals surface area contributed by atoms with E-state index in [1.807, 2.05) is 0 Å². The van der Waals surface area contributed by atoms with Crippen LogP contribution in [0.3, 0.4) is 0 Å². The monoisotopic (exact) mass is 753 g/mol. The van der Waals surface area contributed by atoms with E-state index in [9.17, 15) is 0 Å². The zero-order chi connectivity index (χ0) is 39.2. The van der Waals surface area contributed by atoms with Crippen molar-refractivity contribution in [2.75, 3.05) is 4.90 Å². The lowest BCUT2D eigenvalue weighted by atomic mass is 9.66. The summed E-state index contributed by atoms with van der Waals surface area (Å²) in [5, 5.41) is 9.87. The summed E-state index contributed by atoms with van der Waals surface area (Å²) in [4.78, 5) is 2.44. The minimum Gasteiger partial charge on any atom is -0.454 e. The van der Waals surface area contributed by atoms with Crippen molar-refractivity contribution in [2.24, 2.45) is 0 Å². The van der Waals surface area contributed by atoms with Gasteiger partial charge in [-0.25, -0.2) is 0 Å². The first-order valence-electron chi connectivity index (χ1n) is 20.5. The van der Waals surface area contributed by atoms with Crippen LogP contribution in [0, 0.1) is 0 Å². The third-order valence-corrected chi connectivity index (χ3v) is 12.8. The first-order valence-corrected chi connectivity index (χ1v) is 20.5. The van der Waals surface area contributed by atoms with Gasteiger partial charge >= 0.3 is 0 Å². The molecule has 0 atom stereocenters. The number of hydrogen-bond acceptors (Lipinski definition) is 2. The number of para-hydroxylation sites is 2. The number of anilines is 3. The van der Waals surface area contributed by atoms with E-state index >= 15 is 0 Å². The van der Waals surface area contributed by atoms with Crippen LogP contribution in [0.1, 0.15) is 25.0 Å². The van der Waals surface area contributed by atoms with Crippen molar-refractivity contribution in [3.05, 3.63) is 211 Å². The van der Waals surface area contributed by atoms with Crippen molar-refractivity contribution in [3.8, 4) is 33.4 Å². The molecule has 0 spiro atoms. The summed E-state index contributed by atoms with van der Waals surface area (Å²) in [6.45, 7) is 4.81. The highest BCUT2D eigenvalue weighted by Gasteiger charge is 2.38. The highest BCUT2D eigenvalue weighted by molar-refractivity contribution is 6.18. The fraction of sp³-hybridized carbons (Fsp3) is 0.0526. The van der Waals surface area contributed by atoms with E-state index in [0.29, 0.717) is 0 Å². The molecule has 0 unspecified atom stereocenters. The Morgan fingerprint density at radius 1 is 0.424 bits per heavy atom. The van der Waals surface area contributed by atoms with Gasteiger partial charge in [-0.3, -0.25) is 0 Å². The highest BCUT2D eigenvalue weighted by Crippen LogP contribution is 2.57. The summed E-state index contributed by atoms with van der Waals surface area (Å²) >= 11 is 0. The van der Waals surface area contributed by atoms with Crippen molar-refractivity contribution < 1.29 is 4.42 Å². The van der Waals surface area contributed by atoms with Gasteiger partial charge in [-0.1, -0.05) is 178 Å². The standard InChI is InChI=1S/C57H39NO/c1-57(2)49-25-12-18-38-31-34-45(48-35-39-17-6-7-19-41(39)42-20-8-9-21-43(42)48)54(53(38)49)47-24-14-26-50(55(47)57)58(40-32-29-37(30-33-40)36-15-4-3-5-16-36)51-27-13-23-46-44-22-10-11-28-52(44)59-56(46)51/h3-35H,1-2H3. The first-order chi connectivity index (χ1) is 29.0. The maximum Gasteiger partial charge on any atom is 0.159 e. The lowest BCUT2D eigenvalue weighted by Crippen LogP contribution is -2.27. The Morgan fingerprint density at radius 3 is 1.92 bits per heavy atom. The number of nitrogens with zero attached hydrogens (tertiary/aromatic N) is 1. The fourth-order valence-corrected chi connectivity index (χ4v) is 10.2. The van der Waals surface area contributed by atoms with Crippen molar-refractivity contribution in [1.29, 1.82) is 0 Å². The first kappa shape index (κ1) is 33.7. The quantitative estimate of drug-likeness (QED) is 0.163. The Balaban J connectivity index is 1.17. The number of benzene rings is 10. The third-order valence-electron chi connectivity index (χ3n) is 12.8. The molecule has 0 aliphatic heterocycles. The molecule has 2 heteroatoms.